The van der Waals surface area contributed by atoms with Crippen molar-refractivity contribution in [1.29, 1.82) is 0 Å². The Kier molecular flexibility index (Phi) is 5.47. The van der Waals surface area contributed by atoms with Gasteiger partial charge in [-0.15, -0.1) is 16.4 Å². The summed E-state index contributed by atoms with van der Waals surface area (Å²) in [7, 11) is 0. The molecule has 140 valence electrons. The highest BCUT2D eigenvalue weighted by atomic mass is 32.1. The first-order chi connectivity index (χ1) is 13.2. The summed E-state index contributed by atoms with van der Waals surface area (Å²) in [5, 5.41) is 9.47. The van der Waals surface area contributed by atoms with Crippen molar-refractivity contribution in [2.75, 3.05) is 18.4 Å². The molecular weight excluding hydrogens is 380 g/mol. The average molecular weight is 401 g/mol. The number of anilines is 1. The number of aromatic nitrogens is 2. The van der Waals surface area contributed by atoms with Crippen molar-refractivity contribution in [3.05, 3.63) is 52.7 Å². The summed E-state index contributed by atoms with van der Waals surface area (Å²) in [6.07, 6.45) is 1.64. The lowest BCUT2D eigenvalue weighted by Crippen LogP contribution is -2.39. The van der Waals surface area contributed by atoms with Crippen molar-refractivity contribution in [2.24, 2.45) is 5.92 Å². The summed E-state index contributed by atoms with van der Waals surface area (Å²) >= 11 is 6.87. The molecule has 27 heavy (non-hydrogen) atoms. The largest absolute Gasteiger partial charge is 0.408 e. The lowest BCUT2D eigenvalue weighted by molar-refractivity contribution is -0.121. The van der Waals surface area contributed by atoms with Crippen LogP contribution in [-0.4, -0.2) is 33.7 Å². The molecule has 0 saturated carbocycles. The maximum atomic E-state index is 12.4. The molecule has 1 fully saturated rings. The average Bonchev–Trinajstić information content (AvgIpc) is 3.34. The van der Waals surface area contributed by atoms with Crippen molar-refractivity contribution in [3.63, 3.8) is 0 Å². The van der Waals surface area contributed by atoms with Crippen LogP contribution in [0.25, 0.3) is 10.8 Å². The van der Waals surface area contributed by atoms with Gasteiger partial charge in [-0.05, 0) is 48.6 Å². The molecule has 0 unspecified atom stereocenters. The van der Waals surface area contributed by atoms with Crippen LogP contribution < -0.4 is 5.32 Å². The van der Waals surface area contributed by atoms with Crippen LogP contribution >= 0.6 is 23.6 Å². The Morgan fingerprint density at radius 1 is 1.22 bits per heavy atom. The first-order valence-corrected chi connectivity index (χ1v) is 10.2. The number of carbonyl (C=O) groups excluding carboxylic acids is 1. The maximum Gasteiger partial charge on any atom is 0.288 e. The second-order valence-electron chi connectivity index (χ2n) is 6.54. The highest BCUT2D eigenvalue weighted by Crippen LogP contribution is 2.24. The lowest BCUT2D eigenvalue weighted by Gasteiger charge is -2.30. The molecule has 0 spiro atoms. The Labute approximate surface area is 166 Å². The summed E-state index contributed by atoms with van der Waals surface area (Å²) < 4.78 is 7.33. The summed E-state index contributed by atoms with van der Waals surface area (Å²) in [6, 6.07) is 13.5. The molecule has 1 aliphatic heterocycles. The molecule has 0 bridgehead atoms. The Balaban J connectivity index is 1.32. The number of thiophene rings is 1. The molecule has 1 saturated heterocycles. The minimum absolute atomic E-state index is 0.0356. The number of nitrogens with zero attached hydrogens (tertiary/aromatic N) is 3. The third kappa shape index (κ3) is 4.35. The molecule has 1 aliphatic rings. The molecule has 2 aromatic heterocycles. The third-order valence-electron chi connectivity index (χ3n) is 4.67. The van der Waals surface area contributed by atoms with Gasteiger partial charge in [-0.3, -0.25) is 9.69 Å². The second kappa shape index (κ2) is 8.16. The molecule has 8 heteroatoms. The van der Waals surface area contributed by atoms with Crippen LogP contribution in [0.4, 0.5) is 5.69 Å². The molecular formula is C19H20N4O2S2. The Morgan fingerprint density at radius 3 is 2.70 bits per heavy atom. The van der Waals surface area contributed by atoms with E-state index in [9.17, 15) is 4.79 Å². The zero-order valence-electron chi connectivity index (χ0n) is 14.7. The van der Waals surface area contributed by atoms with Gasteiger partial charge in [0.05, 0.1) is 11.5 Å². The number of hydrogen-bond acceptors (Lipinski definition) is 6. The van der Waals surface area contributed by atoms with Gasteiger partial charge in [0.1, 0.15) is 0 Å². The van der Waals surface area contributed by atoms with E-state index >= 15 is 0 Å². The van der Waals surface area contributed by atoms with Gasteiger partial charge in [-0.1, -0.05) is 24.3 Å². The van der Waals surface area contributed by atoms with Crippen LogP contribution in [0.1, 0.15) is 12.8 Å². The number of likely N-dealkylation sites (tertiary alicyclic amines) is 1. The van der Waals surface area contributed by atoms with E-state index in [1.165, 1.54) is 0 Å². The smallest absolute Gasteiger partial charge is 0.288 e. The number of hydrogen-bond donors (Lipinski definition) is 1. The molecule has 1 amide bonds. The van der Waals surface area contributed by atoms with Gasteiger partial charge in [-0.2, -0.15) is 0 Å². The predicted molar refractivity (Wildman–Crippen MR) is 108 cm³/mol. The van der Waals surface area contributed by atoms with Crippen molar-refractivity contribution >= 4 is 35.1 Å². The standard InChI is InChI=1S/C19H20N4O2S2/c24-17(20-15-5-2-1-3-6-15)14-8-10-22(11-9-14)13-23-19(26)25-18(21-23)16-7-4-12-27-16/h1-7,12,14H,8-11,13H2,(H,20,24). The normalized spacial score (nSPS) is 15.7. The Hall–Kier alpha value is -2.29. The molecule has 6 nitrogen and oxygen atoms in total. The van der Waals surface area contributed by atoms with Gasteiger partial charge >= 0.3 is 0 Å². The van der Waals surface area contributed by atoms with Crippen molar-refractivity contribution in [2.45, 2.75) is 19.5 Å². The molecule has 4 rings (SSSR count). The van der Waals surface area contributed by atoms with Crippen LogP contribution in [0.15, 0.2) is 52.3 Å². The maximum absolute atomic E-state index is 12.4. The molecule has 1 aromatic carbocycles. The minimum atomic E-state index is 0.0356. The van der Waals surface area contributed by atoms with E-state index in [0.717, 1.165) is 36.5 Å². The molecule has 0 radical (unpaired) electrons. The van der Waals surface area contributed by atoms with Gasteiger partial charge in [-0.25, -0.2) is 4.68 Å². The summed E-state index contributed by atoms with van der Waals surface area (Å²) in [5.41, 5.74) is 0.847. The van der Waals surface area contributed by atoms with E-state index in [0.29, 0.717) is 17.4 Å². The van der Waals surface area contributed by atoms with Gasteiger partial charge in [0.15, 0.2) is 0 Å². The minimum Gasteiger partial charge on any atom is -0.408 e. The number of benzene rings is 1. The van der Waals surface area contributed by atoms with Gasteiger partial charge < -0.3 is 9.73 Å². The zero-order valence-corrected chi connectivity index (χ0v) is 16.3. The summed E-state index contributed by atoms with van der Waals surface area (Å²) in [6.45, 7) is 2.24. The second-order valence-corrected chi connectivity index (χ2v) is 7.84. The van der Waals surface area contributed by atoms with Crippen molar-refractivity contribution in [3.8, 4) is 10.8 Å². The van der Waals surface area contributed by atoms with Gasteiger partial charge in [0.2, 0.25) is 5.91 Å². The van der Waals surface area contributed by atoms with Crippen LogP contribution in [0.3, 0.4) is 0 Å². The van der Waals surface area contributed by atoms with E-state index in [-0.39, 0.29) is 11.8 Å². The summed E-state index contributed by atoms with van der Waals surface area (Å²) in [4.78, 5) is 16.0. The topological polar surface area (TPSA) is 63.3 Å². The molecule has 3 heterocycles. The predicted octanol–water partition coefficient (Wildman–Crippen LogP) is 4.24. The number of nitrogens with one attached hydrogen (secondary N) is 1. The van der Waals surface area contributed by atoms with Crippen LogP contribution in [-0.2, 0) is 11.5 Å². The van der Waals surface area contributed by atoms with Gasteiger partial charge in [0.25, 0.3) is 10.7 Å². The lowest BCUT2D eigenvalue weighted by atomic mass is 9.96. The van der Waals surface area contributed by atoms with Crippen LogP contribution in [0, 0.1) is 10.8 Å². The molecule has 0 atom stereocenters. The summed E-state index contributed by atoms with van der Waals surface area (Å²) in [5.74, 6) is 0.694. The first-order valence-electron chi connectivity index (χ1n) is 8.89. The fourth-order valence-corrected chi connectivity index (χ4v) is 4.01. The van der Waals surface area contributed by atoms with E-state index in [1.807, 2.05) is 47.8 Å². The number of carbonyl (C=O) groups is 1. The van der Waals surface area contributed by atoms with E-state index in [4.69, 9.17) is 16.6 Å². The SMILES string of the molecule is O=C(Nc1ccccc1)C1CCN(Cn2nc(-c3cccs3)oc2=S)CC1. The van der Waals surface area contributed by atoms with Crippen molar-refractivity contribution in [1.82, 2.24) is 14.7 Å². The highest BCUT2D eigenvalue weighted by molar-refractivity contribution is 7.71. The number of para-hydroxylation sites is 1. The monoisotopic (exact) mass is 400 g/mol. The third-order valence-corrected chi connectivity index (χ3v) is 5.82. The zero-order chi connectivity index (χ0) is 18.6. The van der Waals surface area contributed by atoms with E-state index in [1.54, 1.807) is 16.0 Å². The number of amides is 1. The Bertz CT molecular complexity index is 942. The number of piperidine rings is 1. The molecule has 0 aliphatic carbocycles. The fraction of sp³-hybridized carbons (Fsp3) is 0.316. The van der Waals surface area contributed by atoms with Crippen LogP contribution in [0.2, 0.25) is 0 Å². The molecule has 3 aromatic rings. The Morgan fingerprint density at radius 2 is 2.00 bits per heavy atom. The number of rotatable bonds is 5. The first kappa shape index (κ1) is 18.1. The fourth-order valence-electron chi connectivity index (χ4n) is 3.19. The quantitative estimate of drug-likeness (QED) is 0.649. The molecule has 1 N–H and O–H groups in total. The van der Waals surface area contributed by atoms with Gasteiger partial charge in [0, 0.05) is 24.7 Å². The van der Waals surface area contributed by atoms with Crippen LogP contribution in [0.5, 0.6) is 0 Å². The highest BCUT2D eigenvalue weighted by Gasteiger charge is 2.25. The van der Waals surface area contributed by atoms with E-state index < -0.39 is 0 Å². The van der Waals surface area contributed by atoms with Crippen molar-refractivity contribution < 1.29 is 9.21 Å². The van der Waals surface area contributed by atoms with E-state index in [2.05, 4.69) is 15.3 Å².